The summed E-state index contributed by atoms with van der Waals surface area (Å²) in [5.41, 5.74) is 3.43. The van der Waals surface area contributed by atoms with Crippen molar-refractivity contribution in [3.63, 3.8) is 0 Å². The fraction of sp³-hybridized carbons (Fsp3) is 0.524. The van der Waals surface area contributed by atoms with Gasteiger partial charge >= 0.3 is 0 Å². The molecule has 27 heavy (non-hydrogen) atoms. The van der Waals surface area contributed by atoms with Crippen LogP contribution in [0.5, 0.6) is 0 Å². The average Bonchev–Trinajstić information content (AvgIpc) is 3.30. The van der Waals surface area contributed by atoms with E-state index in [1.165, 1.54) is 6.42 Å². The maximum absolute atomic E-state index is 13.2. The van der Waals surface area contributed by atoms with Crippen LogP contribution in [-0.2, 0) is 4.74 Å². The Kier molecular flexibility index (Phi) is 5.27. The van der Waals surface area contributed by atoms with Gasteiger partial charge in [0.25, 0.3) is 5.91 Å². The highest BCUT2D eigenvalue weighted by Gasteiger charge is 2.28. The van der Waals surface area contributed by atoms with Crippen molar-refractivity contribution in [2.24, 2.45) is 0 Å². The summed E-state index contributed by atoms with van der Waals surface area (Å²) in [7, 11) is 0. The number of rotatable bonds is 4. The molecule has 1 atom stereocenters. The van der Waals surface area contributed by atoms with Gasteiger partial charge in [0.05, 0.1) is 28.7 Å². The molecule has 2 fully saturated rings. The summed E-state index contributed by atoms with van der Waals surface area (Å²) < 4.78 is 7.61. The molecular formula is C21H28N4O2. The van der Waals surface area contributed by atoms with Gasteiger partial charge in [-0.3, -0.25) is 9.69 Å². The largest absolute Gasteiger partial charge is 0.377 e. The minimum absolute atomic E-state index is 0.101. The number of aryl methyl sites for hydroxylation is 1. The van der Waals surface area contributed by atoms with Crippen LogP contribution in [0.1, 0.15) is 34.6 Å². The van der Waals surface area contributed by atoms with E-state index in [0.717, 1.165) is 68.4 Å². The highest BCUT2D eigenvalue weighted by atomic mass is 16.5. The Labute approximate surface area is 160 Å². The number of ether oxygens (including phenoxy) is 1. The number of piperazine rings is 1. The van der Waals surface area contributed by atoms with Gasteiger partial charge in [0.2, 0.25) is 0 Å². The molecule has 6 nitrogen and oxygen atoms in total. The molecule has 0 saturated carbocycles. The maximum atomic E-state index is 13.2. The zero-order valence-corrected chi connectivity index (χ0v) is 16.2. The molecule has 6 heteroatoms. The van der Waals surface area contributed by atoms with Gasteiger partial charge in [0.15, 0.2) is 0 Å². The van der Waals surface area contributed by atoms with Crippen molar-refractivity contribution in [3.8, 4) is 5.69 Å². The number of amides is 1. The molecule has 1 aromatic heterocycles. The Hall–Kier alpha value is -2.18. The first kappa shape index (κ1) is 18.2. The fourth-order valence-electron chi connectivity index (χ4n) is 4.14. The lowest BCUT2D eigenvalue weighted by Crippen LogP contribution is -2.50. The topological polar surface area (TPSA) is 50.6 Å². The summed E-state index contributed by atoms with van der Waals surface area (Å²) in [5, 5.41) is 4.62. The van der Waals surface area contributed by atoms with Gasteiger partial charge in [-0.2, -0.15) is 5.10 Å². The van der Waals surface area contributed by atoms with Crippen LogP contribution in [-0.4, -0.2) is 70.9 Å². The molecule has 3 heterocycles. The SMILES string of the molecule is Cc1nn(-c2ccccc2)c(C)c1C(=O)N1CCN(C[C@H]2CCCO2)CC1. The van der Waals surface area contributed by atoms with Crippen LogP contribution >= 0.6 is 0 Å². The minimum Gasteiger partial charge on any atom is -0.377 e. The summed E-state index contributed by atoms with van der Waals surface area (Å²) in [6.45, 7) is 9.15. The zero-order chi connectivity index (χ0) is 18.8. The summed E-state index contributed by atoms with van der Waals surface area (Å²) in [6.07, 6.45) is 2.71. The van der Waals surface area contributed by atoms with Gasteiger partial charge in [0.1, 0.15) is 0 Å². The number of carbonyl (C=O) groups excluding carboxylic acids is 1. The molecule has 0 aliphatic carbocycles. The Balaban J connectivity index is 1.44. The van der Waals surface area contributed by atoms with Crippen molar-refractivity contribution >= 4 is 5.91 Å². The van der Waals surface area contributed by atoms with E-state index in [2.05, 4.69) is 10.00 Å². The third-order valence-corrected chi connectivity index (χ3v) is 5.65. The molecular weight excluding hydrogens is 340 g/mol. The van der Waals surface area contributed by atoms with Crippen LogP contribution in [0.2, 0.25) is 0 Å². The number of nitrogens with zero attached hydrogens (tertiary/aromatic N) is 4. The summed E-state index contributed by atoms with van der Waals surface area (Å²) >= 11 is 0. The summed E-state index contributed by atoms with van der Waals surface area (Å²) in [6, 6.07) is 9.98. The van der Waals surface area contributed by atoms with Crippen molar-refractivity contribution in [2.45, 2.75) is 32.8 Å². The molecule has 1 aromatic carbocycles. The van der Waals surface area contributed by atoms with Crippen LogP contribution in [0.4, 0.5) is 0 Å². The summed E-state index contributed by atoms with van der Waals surface area (Å²) in [4.78, 5) is 17.6. The van der Waals surface area contributed by atoms with Crippen molar-refractivity contribution in [1.29, 1.82) is 0 Å². The molecule has 0 radical (unpaired) electrons. The first-order chi connectivity index (χ1) is 13.1. The van der Waals surface area contributed by atoms with Gasteiger partial charge in [0, 0.05) is 39.3 Å². The van der Waals surface area contributed by atoms with Crippen LogP contribution < -0.4 is 0 Å². The molecule has 2 aliphatic heterocycles. The molecule has 0 spiro atoms. The molecule has 2 aromatic rings. The van der Waals surface area contributed by atoms with Crippen molar-refractivity contribution < 1.29 is 9.53 Å². The second-order valence-electron chi connectivity index (χ2n) is 7.52. The van der Waals surface area contributed by atoms with Gasteiger partial charge < -0.3 is 9.64 Å². The number of hydrogen-bond acceptors (Lipinski definition) is 4. The van der Waals surface area contributed by atoms with Crippen LogP contribution in [0.15, 0.2) is 30.3 Å². The Bertz CT molecular complexity index is 788. The third kappa shape index (κ3) is 3.77. The lowest BCUT2D eigenvalue weighted by molar-refractivity contribution is 0.0432. The molecule has 4 rings (SSSR count). The van der Waals surface area contributed by atoms with E-state index >= 15 is 0 Å². The normalized spacial score (nSPS) is 21.0. The predicted octanol–water partition coefficient (Wildman–Crippen LogP) is 2.43. The molecule has 2 saturated heterocycles. The van der Waals surface area contributed by atoms with Gasteiger partial charge in [-0.1, -0.05) is 18.2 Å². The minimum atomic E-state index is 0.101. The molecule has 144 valence electrons. The zero-order valence-electron chi connectivity index (χ0n) is 16.2. The lowest BCUT2D eigenvalue weighted by atomic mass is 10.1. The van der Waals surface area contributed by atoms with E-state index in [1.54, 1.807) is 0 Å². The number of hydrogen-bond donors (Lipinski definition) is 0. The predicted molar refractivity (Wildman–Crippen MR) is 104 cm³/mol. The first-order valence-electron chi connectivity index (χ1n) is 9.88. The molecule has 2 aliphatic rings. The first-order valence-corrected chi connectivity index (χ1v) is 9.88. The average molecular weight is 368 g/mol. The standard InChI is InChI=1S/C21H28N4O2/c1-16-20(17(2)25(22-16)18-7-4-3-5-8-18)21(26)24-12-10-23(11-13-24)15-19-9-6-14-27-19/h3-5,7-8,19H,6,9-15H2,1-2H3/t19-/m1/s1. The number of aromatic nitrogens is 2. The van der Waals surface area contributed by atoms with Crippen LogP contribution in [0, 0.1) is 13.8 Å². The fourth-order valence-corrected chi connectivity index (χ4v) is 4.14. The van der Waals surface area contributed by atoms with E-state index in [1.807, 2.05) is 53.8 Å². The van der Waals surface area contributed by atoms with E-state index in [0.29, 0.717) is 6.10 Å². The summed E-state index contributed by atoms with van der Waals surface area (Å²) in [5.74, 6) is 0.101. The number of benzene rings is 1. The second kappa shape index (κ2) is 7.82. The lowest BCUT2D eigenvalue weighted by Gasteiger charge is -2.35. The van der Waals surface area contributed by atoms with Gasteiger partial charge in [-0.05, 0) is 38.8 Å². The highest BCUT2D eigenvalue weighted by molar-refractivity contribution is 5.96. The second-order valence-corrected chi connectivity index (χ2v) is 7.52. The van der Waals surface area contributed by atoms with E-state index in [4.69, 9.17) is 4.74 Å². The van der Waals surface area contributed by atoms with Crippen molar-refractivity contribution in [2.75, 3.05) is 39.3 Å². The van der Waals surface area contributed by atoms with Gasteiger partial charge in [-0.25, -0.2) is 4.68 Å². The van der Waals surface area contributed by atoms with Crippen molar-refractivity contribution in [3.05, 3.63) is 47.3 Å². The number of para-hydroxylation sites is 1. The Morgan fingerprint density at radius 1 is 1.15 bits per heavy atom. The van der Waals surface area contributed by atoms with E-state index < -0.39 is 0 Å². The Morgan fingerprint density at radius 3 is 2.56 bits per heavy atom. The van der Waals surface area contributed by atoms with E-state index in [-0.39, 0.29) is 5.91 Å². The van der Waals surface area contributed by atoms with Crippen LogP contribution in [0.3, 0.4) is 0 Å². The maximum Gasteiger partial charge on any atom is 0.257 e. The molecule has 0 N–H and O–H groups in total. The smallest absolute Gasteiger partial charge is 0.257 e. The highest BCUT2D eigenvalue weighted by Crippen LogP contribution is 2.21. The quantitative estimate of drug-likeness (QED) is 0.832. The van der Waals surface area contributed by atoms with Gasteiger partial charge in [-0.15, -0.1) is 0 Å². The molecule has 0 unspecified atom stereocenters. The van der Waals surface area contributed by atoms with Crippen molar-refractivity contribution in [1.82, 2.24) is 19.6 Å². The molecule has 1 amide bonds. The Morgan fingerprint density at radius 2 is 1.89 bits per heavy atom. The van der Waals surface area contributed by atoms with Crippen LogP contribution in [0.25, 0.3) is 5.69 Å². The third-order valence-electron chi connectivity index (χ3n) is 5.65. The number of carbonyl (C=O) groups is 1. The van der Waals surface area contributed by atoms with E-state index in [9.17, 15) is 4.79 Å². The molecule has 0 bridgehead atoms. The monoisotopic (exact) mass is 368 g/mol.